The van der Waals surface area contributed by atoms with Gasteiger partial charge in [-0.25, -0.2) is 0 Å². The molecule has 0 spiro atoms. The smallest absolute Gasteiger partial charge is 0.286 e. The van der Waals surface area contributed by atoms with E-state index in [1.165, 1.54) is 11.3 Å². The van der Waals surface area contributed by atoms with Crippen molar-refractivity contribution in [1.29, 1.82) is 0 Å². The van der Waals surface area contributed by atoms with Crippen LogP contribution in [0.3, 0.4) is 0 Å². The number of carbonyl (C=O) groups excluding carboxylic acids is 2. The standard InChI is InChI=1S/C23H24N4O4S/c1-15-5-2-3-7-19(15)25-22(29)23-27-26-20(32-23)14-31-17-10-8-16(9-11-17)21(28)24-13-18-6-4-12-30-18/h2-3,5,7-11,18H,4,6,12-14H2,1H3,(H,24,28)(H,25,29). The second-order valence-corrected chi connectivity index (χ2v) is 8.49. The number of para-hydroxylation sites is 1. The molecule has 1 aliphatic rings. The topological polar surface area (TPSA) is 102 Å². The monoisotopic (exact) mass is 452 g/mol. The third-order valence-corrected chi connectivity index (χ3v) is 5.94. The number of benzene rings is 2. The van der Waals surface area contributed by atoms with Gasteiger partial charge in [-0.1, -0.05) is 29.5 Å². The fraction of sp³-hybridized carbons (Fsp3) is 0.304. The summed E-state index contributed by atoms with van der Waals surface area (Å²) in [4.78, 5) is 24.7. The maximum Gasteiger partial charge on any atom is 0.286 e. The summed E-state index contributed by atoms with van der Waals surface area (Å²) in [6.07, 6.45) is 2.13. The summed E-state index contributed by atoms with van der Waals surface area (Å²) in [7, 11) is 0. The minimum atomic E-state index is -0.304. The van der Waals surface area contributed by atoms with E-state index in [-0.39, 0.29) is 29.5 Å². The SMILES string of the molecule is Cc1ccccc1NC(=O)c1nnc(COc2ccc(C(=O)NCC3CCCO3)cc2)s1. The van der Waals surface area contributed by atoms with Gasteiger partial charge in [-0.15, -0.1) is 10.2 Å². The molecule has 1 aromatic heterocycles. The number of rotatable bonds is 8. The van der Waals surface area contributed by atoms with Gasteiger partial charge in [0.05, 0.1) is 6.10 Å². The lowest BCUT2D eigenvalue weighted by Crippen LogP contribution is -2.31. The first-order valence-corrected chi connectivity index (χ1v) is 11.2. The molecule has 1 unspecified atom stereocenters. The van der Waals surface area contributed by atoms with Gasteiger partial charge in [-0.05, 0) is 55.7 Å². The molecular weight excluding hydrogens is 428 g/mol. The third-order valence-electron chi connectivity index (χ3n) is 5.05. The van der Waals surface area contributed by atoms with Crippen LogP contribution in [0, 0.1) is 6.92 Å². The molecule has 2 N–H and O–H groups in total. The van der Waals surface area contributed by atoms with Crippen LogP contribution in [0.15, 0.2) is 48.5 Å². The number of carbonyl (C=O) groups is 2. The lowest BCUT2D eigenvalue weighted by atomic mass is 10.2. The summed E-state index contributed by atoms with van der Waals surface area (Å²) in [5.74, 6) is 0.156. The van der Waals surface area contributed by atoms with Gasteiger partial charge in [0.15, 0.2) is 5.01 Å². The van der Waals surface area contributed by atoms with E-state index in [1.54, 1.807) is 24.3 Å². The average Bonchev–Trinajstić information content (AvgIpc) is 3.50. The number of hydrogen-bond acceptors (Lipinski definition) is 7. The highest BCUT2D eigenvalue weighted by atomic mass is 32.1. The molecule has 1 aliphatic heterocycles. The van der Waals surface area contributed by atoms with E-state index in [0.717, 1.165) is 30.7 Å². The number of amides is 2. The number of aromatic nitrogens is 2. The van der Waals surface area contributed by atoms with Gasteiger partial charge in [0.1, 0.15) is 12.4 Å². The number of aryl methyl sites for hydroxylation is 1. The van der Waals surface area contributed by atoms with Gasteiger partial charge < -0.3 is 20.1 Å². The molecule has 2 aromatic carbocycles. The van der Waals surface area contributed by atoms with Crippen molar-refractivity contribution in [2.75, 3.05) is 18.5 Å². The lowest BCUT2D eigenvalue weighted by Gasteiger charge is -2.11. The van der Waals surface area contributed by atoms with Crippen molar-refractivity contribution >= 4 is 28.8 Å². The Hall–Kier alpha value is -3.30. The quantitative estimate of drug-likeness (QED) is 0.542. The number of hydrogen-bond donors (Lipinski definition) is 2. The zero-order chi connectivity index (χ0) is 22.3. The van der Waals surface area contributed by atoms with Gasteiger partial charge in [-0.3, -0.25) is 9.59 Å². The first-order chi connectivity index (χ1) is 15.6. The van der Waals surface area contributed by atoms with Crippen molar-refractivity contribution in [1.82, 2.24) is 15.5 Å². The van der Waals surface area contributed by atoms with Crippen LogP contribution >= 0.6 is 11.3 Å². The van der Waals surface area contributed by atoms with Gasteiger partial charge >= 0.3 is 0 Å². The molecule has 32 heavy (non-hydrogen) atoms. The molecule has 9 heteroatoms. The van der Waals surface area contributed by atoms with E-state index >= 15 is 0 Å². The highest BCUT2D eigenvalue weighted by molar-refractivity contribution is 7.13. The maximum absolute atomic E-state index is 12.4. The first-order valence-electron chi connectivity index (χ1n) is 10.4. The molecule has 2 amide bonds. The van der Waals surface area contributed by atoms with Gasteiger partial charge in [0.25, 0.3) is 11.8 Å². The van der Waals surface area contributed by atoms with Crippen LogP contribution in [0.25, 0.3) is 0 Å². The summed E-state index contributed by atoms with van der Waals surface area (Å²) < 4.78 is 11.2. The number of anilines is 1. The molecule has 166 valence electrons. The van der Waals surface area contributed by atoms with Gasteiger partial charge in [0, 0.05) is 24.4 Å². The Labute approximate surface area is 190 Å². The van der Waals surface area contributed by atoms with E-state index in [4.69, 9.17) is 9.47 Å². The second kappa shape index (κ2) is 10.3. The number of ether oxygens (including phenoxy) is 2. The third kappa shape index (κ3) is 5.68. The largest absolute Gasteiger partial charge is 0.486 e. The molecule has 8 nitrogen and oxygen atoms in total. The van der Waals surface area contributed by atoms with Crippen LogP contribution in [0.1, 0.15) is 43.6 Å². The second-order valence-electron chi connectivity index (χ2n) is 7.43. The molecule has 0 saturated carbocycles. The molecule has 0 bridgehead atoms. The normalized spacial score (nSPS) is 15.3. The molecule has 4 rings (SSSR count). The summed E-state index contributed by atoms with van der Waals surface area (Å²) in [6, 6.07) is 14.4. The van der Waals surface area contributed by atoms with Gasteiger partial charge in [-0.2, -0.15) is 0 Å². The molecule has 1 atom stereocenters. The van der Waals surface area contributed by atoms with E-state index in [2.05, 4.69) is 20.8 Å². The fourth-order valence-electron chi connectivity index (χ4n) is 3.25. The Morgan fingerprint density at radius 2 is 1.94 bits per heavy atom. The molecule has 0 radical (unpaired) electrons. The predicted molar refractivity (Wildman–Crippen MR) is 121 cm³/mol. The van der Waals surface area contributed by atoms with Crippen LogP contribution in [0.5, 0.6) is 5.75 Å². The average molecular weight is 453 g/mol. The first kappa shape index (κ1) is 21.9. The van der Waals surface area contributed by atoms with Crippen LogP contribution in [0.2, 0.25) is 0 Å². The lowest BCUT2D eigenvalue weighted by molar-refractivity contribution is 0.0857. The Kier molecular flexibility index (Phi) is 7.08. The van der Waals surface area contributed by atoms with Crippen LogP contribution in [-0.4, -0.2) is 41.3 Å². The minimum Gasteiger partial charge on any atom is -0.486 e. The van der Waals surface area contributed by atoms with Crippen molar-refractivity contribution in [3.05, 3.63) is 69.7 Å². The Morgan fingerprint density at radius 3 is 2.69 bits per heavy atom. The van der Waals surface area contributed by atoms with Crippen molar-refractivity contribution in [2.24, 2.45) is 0 Å². The minimum absolute atomic E-state index is 0.108. The Bertz CT molecular complexity index is 1080. The summed E-state index contributed by atoms with van der Waals surface area (Å²) in [6.45, 7) is 3.39. The van der Waals surface area contributed by atoms with Crippen LogP contribution in [0.4, 0.5) is 5.69 Å². The summed E-state index contributed by atoms with van der Waals surface area (Å²) in [5, 5.41) is 14.6. The molecular formula is C23H24N4O4S. The molecule has 0 aliphatic carbocycles. The van der Waals surface area contributed by atoms with Crippen molar-refractivity contribution in [3.8, 4) is 5.75 Å². The zero-order valence-electron chi connectivity index (χ0n) is 17.7. The molecule has 3 aromatic rings. The van der Waals surface area contributed by atoms with Crippen LogP contribution in [-0.2, 0) is 11.3 Å². The number of nitrogens with one attached hydrogen (secondary N) is 2. The summed E-state index contributed by atoms with van der Waals surface area (Å²) in [5.41, 5.74) is 2.27. The van der Waals surface area contributed by atoms with E-state index in [1.807, 2.05) is 31.2 Å². The van der Waals surface area contributed by atoms with Crippen LogP contribution < -0.4 is 15.4 Å². The molecule has 1 saturated heterocycles. The van der Waals surface area contributed by atoms with E-state index in [0.29, 0.717) is 22.9 Å². The highest BCUT2D eigenvalue weighted by Gasteiger charge is 2.17. The van der Waals surface area contributed by atoms with E-state index < -0.39 is 0 Å². The fourth-order valence-corrected chi connectivity index (χ4v) is 3.90. The molecule has 1 fully saturated rings. The summed E-state index contributed by atoms with van der Waals surface area (Å²) >= 11 is 1.18. The van der Waals surface area contributed by atoms with Gasteiger partial charge in [0.2, 0.25) is 5.01 Å². The highest BCUT2D eigenvalue weighted by Crippen LogP contribution is 2.19. The molecule has 2 heterocycles. The Balaban J connectivity index is 1.26. The van der Waals surface area contributed by atoms with E-state index in [9.17, 15) is 9.59 Å². The maximum atomic E-state index is 12.4. The van der Waals surface area contributed by atoms with Crippen molar-refractivity contribution < 1.29 is 19.1 Å². The zero-order valence-corrected chi connectivity index (χ0v) is 18.5. The number of nitrogens with zero attached hydrogens (tertiary/aromatic N) is 2. The predicted octanol–water partition coefficient (Wildman–Crippen LogP) is 3.59. The van der Waals surface area contributed by atoms with Crippen molar-refractivity contribution in [3.63, 3.8) is 0 Å². The Morgan fingerprint density at radius 1 is 1.12 bits per heavy atom. The van der Waals surface area contributed by atoms with Crippen molar-refractivity contribution in [2.45, 2.75) is 32.5 Å².